The molecule has 2 N–H and O–H groups in total. The molecule has 0 fully saturated rings. The summed E-state index contributed by atoms with van der Waals surface area (Å²) in [6.45, 7) is 0. The Kier molecular flexibility index (Phi) is 3.62. The van der Waals surface area contributed by atoms with Crippen LogP contribution in [0.1, 0.15) is 11.3 Å². The van der Waals surface area contributed by atoms with E-state index in [2.05, 4.69) is 10.3 Å². The minimum Gasteiger partial charge on any atom is -0.353 e. The van der Waals surface area contributed by atoms with Crippen molar-refractivity contribution in [1.29, 1.82) is 0 Å². The van der Waals surface area contributed by atoms with Crippen LogP contribution in [0.5, 0.6) is 0 Å². The number of para-hydroxylation sites is 1. The van der Waals surface area contributed by atoms with Gasteiger partial charge in [0.1, 0.15) is 4.99 Å². The molecule has 0 saturated carbocycles. The summed E-state index contributed by atoms with van der Waals surface area (Å²) in [4.78, 5) is 3.48. The second kappa shape index (κ2) is 5.46. The molecule has 3 aromatic rings. The van der Waals surface area contributed by atoms with Crippen LogP contribution in [0.2, 0.25) is 0 Å². The predicted molar refractivity (Wildman–Crippen MR) is 85.1 cm³/mol. The highest BCUT2D eigenvalue weighted by Gasteiger charge is 2.30. The molecule has 0 spiro atoms. The lowest BCUT2D eigenvalue weighted by Gasteiger charge is -2.10. The summed E-state index contributed by atoms with van der Waals surface area (Å²) in [5, 5.41) is 3.82. The van der Waals surface area contributed by atoms with Crippen molar-refractivity contribution in [2.45, 2.75) is 6.18 Å². The molecule has 0 aliphatic carbocycles. The molecule has 2 aromatic carbocycles. The van der Waals surface area contributed by atoms with Crippen LogP contribution < -0.4 is 5.32 Å². The van der Waals surface area contributed by atoms with E-state index in [-0.39, 0.29) is 0 Å². The minimum atomic E-state index is -4.37. The second-order valence-electron chi connectivity index (χ2n) is 4.80. The van der Waals surface area contributed by atoms with Gasteiger partial charge in [-0.1, -0.05) is 36.5 Å². The Hall–Kier alpha value is -2.34. The van der Waals surface area contributed by atoms with Gasteiger partial charge < -0.3 is 10.3 Å². The van der Waals surface area contributed by atoms with Gasteiger partial charge in [0.05, 0.1) is 11.3 Å². The van der Waals surface area contributed by atoms with E-state index >= 15 is 0 Å². The van der Waals surface area contributed by atoms with Crippen LogP contribution in [-0.2, 0) is 6.18 Å². The molecule has 0 unspecified atom stereocenters. The molecular weight excluding hydrogens is 309 g/mol. The Morgan fingerprint density at radius 1 is 1.00 bits per heavy atom. The van der Waals surface area contributed by atoms with Gasteiger partial charge in [-0.25, -0.2) is 0 Å². The number of H-pyrrole nitrogens is 1. The summed E-state index contributed by atoms with van der Waals surface area (Å²) in [6, 6.07) is 14.5. The number of aromatic amines is 1. The summed E-state index contributed by atoms with van der Waals surface area (Å²) < 4.78 is 38.1. The van der Waals surface area contributed by atoms with Gasteiger partial charge in [0.2, 0.25) is 0 Å². The topological polar surface area (TPSA) is 27.8 Å². The van der Waals surface area contributed by atoms with E-state index in [1.165, 1.54) is 6.07 Å². The van der Waals surface area contributed by atoms with E-state index in [0.29, 0.717) is 16.4 Å². The molecule has 1 heterocycles. The molecule has 1 aromatic heterocycles. The van der Waals surface area contributed by atoms with E-state index in [1.807, 2.05) is 30.3 Å². The van der Waals surface area contributed by atoms with E-state index in [9.17, 15) is 13.2 Å². The zero-order valence-electron chi connectivity index (χ0n) is 11.2. The monoisotopic (exact) mass is 320 g/mol. The van der Waals surface area contributed by atoms with Gasteiger partial charge in [0, 0.05) is 16.6 Å². The number of fused-ring (bicyclic) bond motifs is 1. The quantitative estimate of drug-likeness (QED) is 0.652. The number of rotatable bonds is 2. The summed E-state index contributed by atoms with van der Waals surface area (Å²) in [5.41, 5.74) is 1.18. The van der Waals surface area contributed by atoms with Crippen molar-refractivity contribution >= 4 is 33.8 Å². The second-order valence-corrected chi connectivity index (χ2v) is 5.21. The summed E-state index contributed by atoms with van der Waals surface area (Å²) in [5.74, 6) is 0. The summed E-state index contributed by atoms with van der Waals surface area (Å²) >= 11 is 5.26. The first kappa shape index (κ1) is 14.6. The number of nitrogens with one attached hydrogen (secondary N) is 2. The molecule has 0 aliphatic rings. The van der Waals surface area contributed by atoms with E-state index < -0.39 is 11.7 Å². The highest BCUT2D eigenvalue weighted by atomic mass is 32.1. The Morgan fingerprint density at radius 3 is 2.50 bits per heavy atom. The average molecular weight is 320 g/mol. The number of benzene rings is 2. The van der Waals surface area contributed by atoms with Gasteiger partial charge in [0.15, 0.2) is 0 Å². The van der Waals surface area contributed by atoms with Crippen LogP contribution in [-0.4, -0.2) is 9.97 Å². The number of hydrogen-bond donors (Lipinski definition) is 2. The highest BCUT2D eigenvalue weighted by molar-refractivity contribution is 7.81. The fraction of sp³-hybridized carbons (Fsp3) is 0.0625. The van der Waals surface area contributed by atoms with Crippen molar-refractivity contribution in [3.05, 3.63) is 65.9 Å². The lowest BCUT2D eigenvalue weighted by Crippen LogP contribution is -2.12. The van der Waals surface area contributed by atoms with E-state index in [1.54, 1.807) is 6.07 Å². The zero-order valence-corrected chi connectivity index (χ0v) is 12.1. The van der Waals surface area contributed by atoms with Gasteiger partial charge in [-0.2, -0.15) is 13.2 Å². The summed E-state index contributed by atoms with van der Waals surface area (Å²) in [6.07, 6.45) is -4.37. The normalized spacial score (nSPS) is 11.6. The van der Waals surface area contributed by atoms with Crippen molar-refractivity contribution in [3.8, 4) is 0 Å². The Balaban J connectivity index is 1.85. The standard InChI is InChI=1S/C16H11F3N2S/c17-16(18,19)11-5-3-6-12(9-11)20-15(22)14-8-10-4-1-2-7-13(10)21-14/h1-9,21H,(H,20,22). The number of anilines is 1. The smallest absolute Gasteiger partial charge is 0.353 e. The fourth-order valence-electron chi connectivity index (χ4n) is 2.17. The Labute approximate surface area is 130 Å². The van der Waals surface area contributed by atoms with Crippen molar-refractivity contribution in [1.82, 2.24) is 4.98 Å². The van der Waals surface area contributed by atoms with Gasteiger partial charge in [-0.15, -0.1) is 0 Å². The van der Waals surface area contributed by atoms with Crippen LogP contribution in [0.25, 0.3) is 10.9 Å². The lowest BCUT2D eigenvalue weighted by atomic mass is 10.2. The number of hydrogen-bond acceptors (Lipinski definition) is 1. The molecule has 0 bridgehead atoms. The molecule has 0 saturated heterocycles. The maximum absolute atomic E-state index is 12.7. The Bertz CT molecular complexity index is 804. The molecule has 0 radical (unpaired) electrons. The van der Waals surface area contributed by atoms with Gasteiger partial charge in [-0.05, 0) is 30.3 Å². The third kappa shape index (κ3) is 2.96. The van der Waals surface area contributed by atoms with E-state index in [0.717, 1.165) is 23.0 Å². The minimum absolute atomic E-state index is 0.304. The summed E-state index contributed by atoms with van der Waals surface area (Å²) in [7, 11) is 0. The molecule has 0 atom stereocenters. The van der Waals surface area contributed by atoms with Crippen molar-refractivity contribution in [2.24, 2.45) is 0 Å². The molecule has 0 amide bonds. The SMILES string of the molecule is FC(F)(F)c1cccc(NC(=S)c2cc3ccccc3[nH]2)c1. The number of halogens is 3. The van der Waals surface area contributed by atoms with Crippen LogP contribution in [0.3, 0.4) is 0 Å². The number of aromatic nitrogens is 1. The van der Waals surface area contributed by atoms with Crippen LogP contribution in [0.4, 0.5) is 18.9 Å². The van der Waals surface area contributed by atoms with Crippen molar-refractivity contribution in [2.75, 3.05) is 5.32 Å². The lowest BCUT2D eigenvalue weighted by molar-refractivity contribution is -0.137. The van der Waals surface area contributed by atoms with Crippen molar-refractivity contribution in [3.63, 3.8) is 0 Å². The molecule has 2 nitrogen and oxygen atoms in total. The first-order chi connectivity index (χ1) is 10.4. The maximum Gasteiger partial charge on any atom is 0.416 e. The van der Waals surface area contributed by atoms with Gasteiger partial charge in [-0.3, -0.25) is 0 Å². The molecule has 0 aliphatic heterocycles. The molecule has 6 heteroatoms. The molecule has 22 heavy (non-hydrogen) atoms. The van der Waals surface area contributed by atoms with Crippen LogP contribution in [0, 0.1) is 0 Å². The zero-order chi connectivity index (χ0) is 15.7. The van der Waals surface area contributed by atoms with Gasteiger partial charge in [0.25, 0.3) is 0 Å². The molecule has 3 rings (SSSR count). The molecular formula is C16H11F3N2S. The van der Waals surface area contributed by atoms with Crippen molar-refractivity contribution < 1.29 is 13.2 Å². The third-order valence-corrected chi connectivity index (χ3v) is 3.54. The first-order valence-electron chi connectivity index (χ1n) is 6.50. The first-order valence-corrected chi connectivity index (χ1v) is 6.91. The van der Waals surface area contributed by atoms with Crippen LogP contribution >= 0.6 is 12.2 Å². The Morgan fingerprint density at radius 2 is 1.77 bits per heavy atom. The van der Waals surface area contributed by atoms with E-state index in [4.69, 9.17) is 12.2 Å². The average Bonchev–Trinajstić information content (AvgIpc) is 2.90. The maximum atomic E-state index is 12.7. The van der Waals surface area contributed by atoms with Gasteiger partial charge >= 0.3 is 6.18 Å². The highest BCUT2D eigenvalue weighted by Crippen LogP contribution is 2.30. The fourth-order valence-corrected chi connectivity index (χ4v) is 2.40. The molecule has 112 valence electrons. The predicted octanol–water partition coefficient (Wildman–Crippen LogP) is 4.97. The number of alkyl halides is 3. The third-order valence-electron chi connectivity index (χ3n) is 3.22. The number of thiocarbonyl (C=S) groups is 1. The van der Waals surface area contributed by atoms with Crippen LogP contribution in [0.15, 0.2) is 54.6 Å². The largest absolute Gasteiger partial charge is 0.416 e.